The van der Waals surface area contributed by atoms with Crippen LogP contribution < -0.4 is 5.32 Å². The van der Waals surface area contributed by atoms with Crippen LogP contribution in [0.1, 0.15) is 40.2 Å². The van der Waals surface area contributed by atoms with Gasteiger partial charge in [-0.25, -0.2) is 8.42 Å². The summed E-state index contributed by atoms with van der Waals surface area (Å²) in [6, 6.07) is 13.9. The van der Waals surface area contributed by atoms with E-state index in [0.717, 1.165) is 19.3 Å². The molecular formula is C21H21N3O4S. The molecule has 4 rings (SSSR count). The number of aromatic nitrogens is 2. The predicted octanol–water partition coefficient (Wildman–Crippen LogP) is 3.22. The summed E-state index contributed by atoms with van der Waals surface area (Å²) in [6.45, 7) is 0. The number of amides is 1. The summed E-state index contributed by atoms with van der Waals surface area (Å²) in [7, 11) is -3.44. The van der Waals surface area contributed by atoms with E-state index in [1.54, 1.807) is 36.4 Å². The first-order valence-electron chi connectivity index (χ1n) is 9.55. The lowest BCUT2D eigenvalue weighted by molar-refractivity contribution is 0.102. The van der Waals surface area contributed by atoms with Crippen molar-refractivity contribution in [2.24, 2.45) is 0 Å². The van der Waals surface area contributed by atoms with Gasteiger partial charge in [0.1, 0.15) is 0 Å². The van der Waals surface area contributed by atoms with Gasteiger partial charge < -0.3 is 4.42 Å². The lowest BCUT2D eigenvalue weighted by atomic mass is 9.90. The molecule has 0 atom stereocenters. The van der Waals surface area contributed by atoms with Crippen molar-refractivity contribution in [3.05, 3.63) is 71.1 Å². The summed E-state index contributed by atoms with van der Waals surface area (Å²) < 4.78 is 30.1. The number of benzene rings is 2. The van der Waals surface area contributed by atoms with Crippen molar-refractivity contribution in [3.8, 4) is 0 Å². The van der Waals surface area contributed by atoms with Gasteiger partial charge in [-0.2, -0.15) is 0 Å². The molecule has 0 fully saturated rings. The number of nitrogens with zero attached hydrogens (tertiary/aromatic N) is 2. The van der Waals surface area contributed by atoms with E-state index in [-0.39, 0.29) is 34.9 Å². The summed E-state index contributed by atoms with van der Waals surface area (Å²) in [5.41, 5.74) is 3.05. The van der Waals surface area contributed by atoms with E-state index in [2.05, 4.69) is 15.5 Å². The summed E-state index contributed by atoms with van der Waals surface area (Å²) in [4.78, 5) is 12.7. The molecule has 0 unspecified atom stereocenters. The monoisotopic (exact) mass is 411 g/mol. The highest BCUT2D eigenvalue weighted by Crippen LogP contribution is 2.22. The van der Waals surface area contributed by atoms with Crippen molar-refractivity contribution in [1.82, 2.24) is 10.2 Å². The highest BCUT2D eigenvalue weighted by molar-refractivity contribution is 7.91. The zero-order valence-corrected chi connectivity index (χ0v) is 16.6. The van der Waals surface area contributed by atoms with Crippen LogP contribution >= 0.6 is 0 Å². The van der Waals surface area contributed by atoms with Crippen LogP contribution in [-0.4, -0.2) is 30.3 Å². The lowest BCUT2D eigenvalue weighted by Crippen LogP contribution is -2.14. The standard InChI is InChI=1S/C21H21N3O4S/c25-20(17-11-10-15-6-4-5-7-16(15)14-17)22-21-24-23-19(28-21)12-13-29(26,27)18-8-2-1-3-9-18/h1-3,8-11,14H,4-7,12-13H2,(H,22,24,25). The molecule has 8 heteroatoms. The van der Waals surface area contributed by atoms with Crippen LogP contribution in [0.4, 0.5) is 6.01 Å². The summed E-state index contributed by atoms with van der Waals surface area (Å²) in [6.07, 6.45) is 4.42. The van der Waals surface area contributed by atoms with Crippen LogP contribution in [0.5, 0.6) is 0 Å². The van der Waals surface area contributed by atoms with Crippen LogP contribution in [0.25, 0.3) is 0 Å². The van der Waals surface area contributed by atoms with Crippen molar-refractivity contribution < 1.29 is 17.6 Å². The van der Waals surface area contributed by atoms with Gasteiger partial charge >= 0.3 is 6.01 Å². The minimum Gasteiger partial charge on any atom is -0.408 e. The van der Waals surface area contributed by atoms with Gasteiger partial charge in [0.05, 0.1) is 10.6 Å². The van der Waals surface area contributed by atoms with Crippen LogP contribution in [0.2, 0.25) is 0 Å². The first kappa shape index (κ1) is 19.3. The molecule has 1 aromatic heterocycles. The molecule has 0 saturated carbocycles. The molecule has 1 N–H and O–H groups in total. The Morgan fingerprint density at radius 1 is 1.00 bits per heavy atom. The Bertz CT molecular complexity index is 1120. The Hall–Kier alpha value is -3.00. The second-order valence-corrected chi connectivity index (χ2v) is 9.14. The Morgan fingerprint density at radius 2 is 1.76 bits per heavy atom. The third-order valence-electron chi connectivity index (χ3n) is 4.98. The first-order valence-corrected chi connectivity index (χ1v) is 11.2. The Kier molecular flexibility index (Phi) is 5.44. The van der Waals surface area contributed by atoms with E-state index in [9.17, 15) is 13.2 Å². The third-order valence-corrected chi connectivity index (χ3v) is 6.72. The molecule has 3 aromatic rings. The minimum absolute atomic E-state index is 0.0418. The Morgan fingerprint density at radius 3 is 2.55 bits per heavy atom. The average molecular weight is 411 g/mol. The molecule has 0 bridgehead atoms. The topological polar surface area (TPSA) is 102 Å². The maximum Gasteiger partial charge on any atom is 0.322 e. The number of carbonyl (C=O) groups excluding carboxylic acids is 1. The molecule has 0 aliphatic heterocycles. The molecule has 1 heterocycles. The van der Waals surface area contributed by atoms with Gasteiger partial charge in [0.2, 0.25) is 5.89 Å². The molecule has 29 heavy (non-hydrogen) atoms. The Balaban J connectivity index is 1.38. The molecule has 0 saturated heterocycles. The van der Waals surface area contributed by atoms with E-state index in [1.165, 1.54) is 17.5 Å². The molecule has 2 aromatic carbocycles. The maximum absolute atomic E-state index is 12.5. The summed E-state index contributed by atoms with van der Waals surface area (Å²) in [5.74, 6) is -0.326. The number of nitrogens with one attached hydrogen (secondary N) is 1. The number of fused-ring (bicyclic) bond motifs is 1. The number of sulfone groups is 1. The normalized spacial score (nSPS) is 13.7. The van der Waals surface area contributed by atoms with E-state index in [1.807, 2.05) is 12.1 Å². The molecule has 7 nitrogen and oxygen atoms in total. The van der Waals surface area contributed by atoms with E-state index >= 15 is 0 Å². The van der Waals surface area contributed by atoms with E-state index < -0.39 is 9.84 Å². The lowest BCUT2D eigenvalue weighted by Gasteiger charge is -2.16. The second-order valence-electron chi connectivity index (χ2n) is 7.03. The van der Waals surface area contributed by atoms with Gasteiger partial charge in [0.15, 0.2) is 9.84 Å². The Labute approximate surface area is 169 Å². The molecule has 150 valence electrons. The molecule has 1 amide bonds. The van der Waals surface area contributed by atoms with Crippen molar-refractivity contribution in [1.29, 1.82) is 0 Å². The zero-order chi connectivity index (χ0) is 20.3. The highest BCUT2D eigenvalue weighted by Gasteiger charge is 2.18. The molecule has 0 spiro atoms. The van der Waals surface area contributed by atoms with Crippen LogP contribution in [0, 0.1) is 0 Å². The van der Waals surface area contributed by atoms with Gasteiger partial charge in [-0.05, 0) is 61.1 Å². The quantitative estimate of drug-likeness (QED) is 0.668. The van der Waals surface area contributed by atoms with Crippen LogP contribution in [-0.2, 0) is 29.1 Å². The number of aryl methyl sites for hydroxylation is 3. The van der Waals surface area contributed by atoms with Gasteiger partial charge in [-0.3, -0.25) is 10.1 Å². The first-order chi connectivity index (χ1) is 14.0. The summed E-state index contributed by atoms with van der Waals surface area (Å²) in [5, 5.41) is 10.2. The average Bonchev–Trinajstić information content (AvgIpc) is 3.20. The van der Waals surface area contributed by atoms with Gasteiger partial charge in [0, 0.05) is 12.0 Å². The summed E-state index contributed by atoms with van der Waals surface area (Å²) >= 11 is 0. The SMILES string of the molecule is O=C(Nc1nnc(CCS(=O)(=O)c2ccccc2)o1)c1ccc2c(c1)CCCC2. The van der Waals surface area contributed by atoms with E-state index in [0.29, 0.717) is 5.56 Å². The number of hydrogen-bond donors (Lipinski definition) is 1. The highest BCUT2D eigenvalue weighted by atomic mass is 32.2. The second kappa shape index (κ2) is 8.16. The van der Waals surface area contributed by atoms with Crippen molar-refractivity contribution >= 4 is 21.8 Å². The number of carbonyl (C=O) groups is 1. The van der Waals surface area contributed by atoms with Crippen molar-refractivity contribution in [3.63, 3.8) is 0 Å². The molecule has 1 aliphatic carbocycles. The molecule has 0 radical (unpaired) electrons. The number of hydrogen-bond acceptors (Lipinski definition) is 6. The largest absolute Gasteiger partial charge is 0.408 e. The predicted molar refractivity (Wildman–Crippen MR) is 108 cm³/mol. The third kappa shape index (κ3) is 4.54. The van der Waals surface area contributed by atoms with E-state index in [4.69, 9.17) is 4.42 Å². The van der Waals surface area contributed by atoms with Crippen molar-refractivity contribution in [2.75, 3.05) is 11.1 Å². The van der Waals surface area contributed by atoms with Crippen molar-refractivity contribution in [2.45, 2.75) is 37.0 Å². The smallest absolute Gasteiger partial charge is 0.322 e. The van der Waals surface area contributed by atoms with Crippen LogP contribution in [0.3, 0.4) is 0 Å². The van der Waals surface area contributed by atoms with Gasteiger partial charge in [-0.1, -0.05) is 29.4 Å². The fourth-order valence-corrected chi connectivity index (χ4v) is 4.67. The zero-order valence-electron chi connectivity index (χ0n) is 15.8. The van der Waals surface area contributed by atoms with Crippen LogP contribution in [0.15, 0.2) is 57.8 Å². The number of rotatable bonds is 6. The molecular weight excluding hydrogens is 390 g/mol. The number of anilines is 1. The van der Waals surface area contributed by atoms with Gasteiger partial charge in [0.25, 0.3) is 5.91 Å². The maximum atomic E-state index is 12.5. The van der Waals surface area contributed by atoms with Gasteiger partial charge in [-0.15, -0.1) is 5.10 Å². The fourth-order valence-electron chi connectivity index (χ4n) is 3.42. The molecule has 1 aliphatic rings. The minimum atomic E-state index is -3.44. The fraction of sp³-hybridized carbons (Fsp3) is 0.286.